The van der Waals surface area contributed by atoms with E-state index in [0.29, 0.717) is 0 Å². The van der Waals surface area contributed by atoms with Crippen molar-refractivity contribution in [1.82, 2.24) is 0 Å². The number of aryl methyl sites for hydroxylation is 2. The molecule has 21 heavy (non-hydrogen) atoms. The molecule has 113 valence electrons. The van der Waals surface area contributed by atoms with Gasteiger partial charge in [0.15, 0.2) is 0 Å². The number of hydrogen-bond donors (Lipinski definition) is 1. The van der Waals surface area contributed by atoms with Crippen LogP contribution in [0.5, 0.6) is 0 Å². The SMILES string of the molecule is CC[P+]1(CC(=O)Nc2c(C)cc(Cl)cc2C)CCCC1.[Y]. The Morgan fingerprint density at radius 1 is 1.24 bits per heavy atom. The fourth-order valence-electron chi connectivity index (χ4n) is 3.18. The minimum atomic E-state index is -0.999. The van der Waals surface area contributed by atoms with E-state index in [1.54, 1.807) is 0 Å². The zero-order valence-electron chi connectivity index (χ0n) is 13.2. The molecule has 0 aromatic heterocycles. The Balaban J connectivity index is 0.00000220. The van der Waals surface area contributed by atoms with Crippen molar-refractivity contribution >= 4 is 30.5 Å². The van der Waals surface area contributed by atoms with Crippen molar-refractivity contribution in [3.63, 3.8) is 0 Å². The molecule has 0 bridgehead atoms. The van der Waals surface area contributed by atoms with Gasteiger partial charge in [-0.05, 0) is 56.9 Å². The van der Waals surface area contributed by atoms with E-state index in [2.05, 4.69) is 12.2 Å². The standard InChI is InChI=1S/C16H23ClNOP.Y/c1-4-20(7-5-6-8-20)11-15(19)18-16-12(2)9-14(17)10-13(16)3;/h9-10H,4-8,11H2,1-3H3;/p+1. The minimum absolute atomic E-state index is 0. The Hall–Kier alpha value is 0.514. The van der Waals surface area contributed by atoms with Gasteiger partial charge in [0.2, 0.25) is 0 Å². The quantitative estimate of drug-likeness (QED) is 0.727. The first-order valence-electron chi connectivity index (χ1n) is 7.37. The maximum absolute atomic E-state index is 12.4. The maximum atomic E-state index is 12.4. The van der Waals surface area contributed by atoms with Gasteiger partial charge >= 0.3 is 0 Å². The molecule has 1 heterocycles. The summed E-state index contributed by atoms with van der Waals surface area (Å²) in [4.78, 5) is 12.4. The summed E-state index contributed by atoms with van der Waals surface area (Å²) in [6.45, 7) is 6.24. The van der Waals surface area contributed by atoms with Crippen LogP contribution in [-0.2, 0) is 37.5 Å². The first-order valence-corrected chi connectivity index (χ1v) is 10.3. The second-order valence-electron chi connectivity index (χ2n) is 5.93. The van der Waals surface area contributed by atoms with Crippen LogP contribution >= 0.6 is 18.9 Å². The minimum Gasteiger partial charge on any atom is -0.322 e. The Bertz CT molecular complexity index is 492. The smallest absolute Gasteiger partial charge is 0.261 e. The van der Waals surface area contributed by atoms with Crippen LogP contribution in [0.4, 0.5) is 5.69 Å². The molecule has 0 unspecified atom stereocenters. The monoisotopic (exact) mass is 401 g/mol. The molecule has 0 saturated carbocycles. The topological polar surface area (TPSA) is 29.1 Å². The molecule has 1 aromatic carbocycles. The molecular formula is C16H24ClNOPY+. The van der Waals surface area contributed by atoms with Crippen LogP contribution < -0.4 is 5.32 Å². The zero-order valence-corrected chi connectivity index (χ0v) is 17.7. The van der Waals surface area contributed by atoms with Crippen LogP contribution in [-0.4, -0.2) is 30.6 Å². The normalized spacial score (nSPS) is 16.4. The van der Waals surface area contributed by atoms with Gasteiger partial charge in [-0.2, -0.15) is 0 Å². The van der Waals surface area contributed by atoms with Gasteiger partial charge in [0, 0.05) is 50.7 Å². The number of halogens is 1. The zero-order chi connectivity index (χ0) is 14.8. The number of carbonyl (C=O) groups is 1. The van der Waals surface area contributed by atoms with Gasteiger partial charge in [-0.1, -0.05) is 11.6 Å². The third kappa shape index (κ3) is 5.00. The molecule has 0 spiro atoms. The molecule has 2 nitrogen and oxygen atoms in total. The Morgan fingerprint density at radius 2 is 1.76 bits per heavy atom. The van der Waals surface area contributed by atoms with E-state index >= 15 is 0 Å². The Morgan fingerprint density at radius 3 is 2.24 bits per heavy atom. The van der Waals surface area contributed by atoms with E-state index in [1.165, 1.54) is 31.3 Å². The number of amides is 1. The average Bonchev–Trinajstić information content (AvgIpc) is 2.83. The second kappa shape index (κ2) is 8.39. The van der Waals surface area contributed by atoms with Crippen molar-refractivity contribution in [2.45, 2.75) is 33.6 Å². The van der Waals surface area contributed by atoms with E-state index in [1.807, 2.05) is 26.0 Å². The van der Waals surface area contributed by atoms with E-state index in [0.717, 1.165) is 28.0 Å². The van der Waals surface area contributed by atoms with Crippen LogP contribution in [0.1, 0.15) is 30.9 Å². The molecule has 5 heteroatoms. The summed E-state index contributed by atoms with van der Waals surface area (Å²) in [7, 11) is -0.999. The molecule has 1 amide bonds. The fraction of sp³-hybridized carbons (Fsp3) is 0.562. The second-order valence-corrected chi connectivity index (χ2v) is 10.9. The number of rotatable bonds is 4. The Labute approximate surface area is 159 Å². The van der Waals surface area contributed by atoms with E-state index in [9.17, 15) is 4.79 Å². The molecule has 1 aromatic rings. The molecule has 2 rings (SSSR count). The molecule has 1 N–H and O–H groups in total. The summed E-state index contributed by atoms with van der Waals surface area (Å²) in [5.41, 5.74) is 3.02. The molecule has 1 saturated heterocycles. The number of hydrogen-bond acceptors (Lipinski definition) is 1. The van der Waals surface area contributed by atoms with Crippen LogP contribution in [0, 0.1) is 13.8 Å². The van der Waals surface area contributed by atoms with Crippen LogP contribution in [0.25, 0.3) is 0 Å². The summed E-state index contributed by atoms with van der Waals surface area (Å²) in [6, 6.07) is 3.81. The summed E-state index contributed by atoms with van der Waals surface area (Å²) in [5.74, 6) is 0.190. The molecule has 1 radical (unpaired) electrons. The van der Waals surface area contributed by atoms with Crippen molar-refractivity contribution in [2.24, 2.45) is 0 Å². The largest absolute Gasteiger partial charge is 0.322 e. The predicted octanol–water partition coefficient (Wildman–Crippen LogP) is 4.72. The van der Waals surface area contributed by atoms with Crippen LogP contribution in [0.3, 0.4) is 0 Å². The van der Waals surface area contributed by atoms with E-state index in [-0.39, 0.29) is 38.6 Å². The van der Waals surface area contributed by atoms with Crippen LogP contribution in [0.2, 0.25) is 5.02 Å². The first kappa shape index (κ1) is 19.6. The van der Waals surface area contributed by atoms with Crippen molar-refractivity contribution in [3.8, 4) is 0 Å². The number of anilines is 1. The van der Waals surface area contributed by atoms with Crippen molar-refractivity contribution < 1.29 is 37.5 Å². The first-order chi connectivity index (χ1) is 9.46. The molecule has 1 aliphatic heterocycles. The number of carbonyl (C=O) groups excluding carboxylic acids is 1. The maximum Gasteiger partial charge on any atom is 0.261 e. The third-order valence-electron chi connectivity index (χ3n) is 4.43. The molecule has 1 aliphatic rings. The summed E-state index contributed by atoms with van der Waals surface area (Å²) in [6.07, 6.45) is 7.19. The molecule has 1 fully saturated rings. The third-order valence-corrected chi connectivity index (χ3v) is 9.47. The van der Waals surface area contributed by atoms with Crippen molar-refractivity contribution in [2.75, 3.05) is 30.0 Å². The van der Waals surface area contributed by atoms with Gasteiger partial charge in [0.1, 0.15) is 6.16 Å². The van der Waals surface area contributed by atoms with Gasteiger partial charge < -0.3 is 5.32 Å². The molecular weight excluding hydrogens is 378 g/mol. The van der Waals surface area contributed by atoms with Gasteiger partial charge in [-0.15, -0.1) is 0 Å². The number of benzene rings is 1. The predicted molar refractivity (Wildman–Crippen MR) is 90.9 cm³/mol. The summed E-state index contributed by atoms with van der Waals surface area (Å²) < 4.78 is 0. The van der Waals surface area contributed by atoms with Crippen LogP contribution in [0.15, 0.2) is 12.1 Å². The average molecular weight is 402 g/mol. The summed E-state index contributed by atoms with van der Waals surface area (Å²) >= 11 is 6.03. The van der Waals surface area contributed by atoms with Gasteiger partial charge in [-0.25, -0.2) is 0 Å². The van der Waals surface area contributed by atoms with Crippen molar-refractivity contribution in [1.29, 1.82) is 0 Å². The van der Waals surface area contributed by atoms with Gasteiger partial charge in [0.05, 0.1) is 18.5 Å². The fourth-order valence-corrected chi connectivity index (χ4v) is 7.38. The summed E-state index contributed by atoms with van der Waals surface area (Å²) in [5, 5.41) is 3.85. The van der Waals surface area contributed by atoms with Crippen molar-refractivity contribution in [3.05, 3.63) is 28.3 Å². The van der Waals surface area contributed by atoms with E-state index < -0.39 is 7.26 Å². The Kier molecular flexibility index (Phi) is 7.81. The molecule has 0 aliphatic carbocycles. The molecule has 0 atom stereocenters. The van der Waals surface area contributed by atoms with E-state index in [4.69, 9.17) is 11.6 Å². The van der Waals surface area contributed by atoms with Gasteiger partial charge in [-0.3, -0.25) is 4.79 Å². The number of nitrogens with one attached hydrogen (secondary N) is 1. The van der Waals surface area contributed by atoms with Gasteiger partial charge in [0.25, 0.3) is 5.91 Å².